The minimum atomic E-state index is 0.177. The lowest BCUT2D eigenvalue weighted by Crippen LogP contribution is -2.40. The van der Waals surface area contributed by atoms with E-state index in [1.54, 1.807) is 0 Å². The number of hydrogen-bond acceptors (Lipinski definition) is 3. The molecule has 16 heavy (non-hydrogen) atoms. The van der Waals surface area contributed by atoms with Crippen molar-refractivity contribution in [2.45, 2.75) is 29.8 Å². The van der Waals surface area contributed by atoms with Gasteiger partial charge in [0.2, 0.25) is 0 Å². The van der Waals surface area contributed by atoms with Crippen molar-refractivity contribution in [2.24, 2.45) is 5.73 Å². The molecule has 0 atom stereocenters. The van der Waals surface area contributed by atoms with Crippen molar-refractivity contribution in [3.8, 4) is 0 Å². The second kappa shape index (κ2) is 4.09. The molecule has 0 saturated carbocycles. The molecule has 1 fully saturated rings. The average Bonchev–Trinajstić information content (AvgIpc) is 2.90. The SMILES string of the molecule is NCC1(c2cc3n(c2)CCS3)CCOCC1. The largest absolute Gasteiger partial charge is 0.381 e. The molecule has 0 unspecified atom stereocenters. The van der Waals surface area contributed by atoms with Crippen molar-refractivity contribution in [2.75, 3.05) is 25.5 Å². The van der Waals surface area contributed by atoms with Crippen molar-refractivity contribution in [1.82, 2.24) is 4.57 Å². The molecule has 1 aromatic heterocycles. The lowest BCUT2D eigenvalue weighted by atomic mass is 9.75. The van der Waals surface area contributed by atoms with Gasteiger partial charge in [0.1, 0.15) is 0 Å². The molecular formula is C12H18N2OS. The Morgan fingerprint density at radius 3 is 2.94 bits per heavy atom. The van der Waals surface area contributed by atoms with E-state index in [2.05, 4.69) is 16.8 Å². The third-order valence-electron chi connectivity index (χ3n) is 3.89. The van der Waals surface area contributed by atoms with Crippen molar-refractivity contribution >= 4 is 11.8 Å². The van der Waals surface area contributed by atoms with E-state index in [1.807, 2.05) is 11.8 Å². The average molecular weight is 238 g/mol. The van der Waals surface area contributed by atoms with Crippen LogP contribution in [0, 0.1) is 0 Å². The second-order valence-electron chi connectivity index (χ2n) is 4.71. The van der Waals surface area contributed by atoms with Crippen LogP contribution in [0.1, 0.15) is 18.4 Å². The number of aromatic nitrogens is 1. The van der Waals surface area contributed by atoms with E-state index in [9.17, 15) is 0 Å². The predicted octanol–water partition coefficient (Wildman–Crippen LogP) is 1.60. The van der Waals surface area contributed by atoms with Gasteiger partial charge in [0.25, 0.3) is 0 Å². The van der Waals surface area contributed by atoms with Crippen molar-refractivity contribution in [1.29, 1.82) is 0 Å². The fourth-order valence-corrected chi connectivity index (χ4v) is 3.71. The van der Waals surface area contributed by atoms with Gasteiger partial charge in [0, 0.05) is 43.7 Å². The minimum Gasteiger partial charge on any atom is -0.381 e. The fraction of sp³-hybridized carbons (Fsp3) is 0.667. The molecular weight excluding hydrogens is 220 g/mol. The zero-order valence-corrected chi connectivity index (χ0v) is 10.3. The Morgan fingerprint density at radius 2 is 2.25 bits per heavy atom. The number of aryl methyl sites for hydroxylation is 1. The first-order valence-corrected chi connectivity index (χ1v) is 6.94. The van der Waals surface area contributed by atoms with Crippen LogP contribution in [-0.2, 0) is 16.7 Å². The smallest absolute Gasteiger partial charge is 0.0751 e. The Labute approximate surface area is 100 Å². The summed E-state index contributed by atoms with van der Waals surface area (Å²) >= 11 is 1.95. The van der Waals surface area contributed by atoms with Gasteiger partial charge in [-0.05, 0) is 24.5 Å². The molecule has 3 heterocycles. The van der Waals surface area contributed by atoms with Crippen LogP contribution < -0.4 is 5.73 Å². The molecule has 3 rings (SSSR count). The van der Waals surface area contributed by atoms with Gasteiger partial charge in [0.05, 0.1) is 5.03 Å². The maximum Gasteiger partial charge on any atom is 0.0751 e. The summed E-state index contributed by atoms with van der Waals surface area (Å²) in [6.45, 7) is 3.59. The van der Waals surface area contributed by atoms with Gasteiger partial charge in [0.15, 0.2) is 0 Å². The van der Waals surface area contributed by atoms with E-state index < -0.39 is 0 Å². The molecule has 0 amide bonds. The summed E-state index contributed by atoms with van der Waals surface area (Å²) in [6.07, 6.45) is 4.45. The molecule has 88 valence electrons. The molecule has 1 aromatic rings. The minimum absolute atomic E-state index is 0.177. The zero-order valence-electron chi connectivity index (χ0n) is 9.45. The Hall–Kier alpha value is -0.450. The molecule has 4 heteroatoms. The van der Waals surface area contributed by atoms with Gasteiger partial charge in [-0.3, -0.25) is 0 Å². The standard InChI is InChI=1S/C12H18N2OS/c13-9-12(1-4-15-5-2-12)10-7-11-14(8-10)3-6-16-11/h7-8H,1-6,9,13H2. The highest BCUT2D eigenvalue weighted by Gasteiger charge is 2.34. The van der Waals surface area contributed by atoms with Crippen LogP contribution >= 0.6 is 11.8 Å². The lowest BCUT2D eigenvalue weighted by molar-refractivity contribution is 0.0529. The van der Waals surface area contributed by atoms with Crippen LogP contribution in [-0.4, -0.2) is 30.1 Å². The predicted molar refractivity (Wildman–Crippen MR) is 65.9 cm³/mol. The summed E-state index contributed by atoms with van der Waals surface area (Å²) < 4.78 is 7.83. The van der Waals surface area contributed by atoms with Crippen LogP contribution in [0.15, 0.2) is 17.3 Å². The van der Waals surface area contributed by atoms with E-state index in [-0.39, 0.29) is 5.41 Å². The fourth-order valence-electron chi connectivity index (χ4n) is 2.70. The first-order chi connectivity index (χ1) is 7.84. The second-order valence-corrected chi connectivity index (χ2v) is 5.82. The molecule has 2 N–H and O–H groups in total. The number of hydrogen-bond donors (Lipinski definition) is 1. The molecule has 0 bridgehead atoms. The highest BCUT2D eigenvalue weighted by Crippen LogP contribution is 2.38. The van der Waals surface area contributed by atoms with Crippen LogP contribution in [0.25, 0.3) is 0 Å². The Kier molecular flexibility index (Phi) is 2.73. The first-order valence-electron chi connectivity index (χ1n) is 5.95. The summed E-state index contributed by atoms with van der Waals surface area (Å²) in [5.41, 5.74) is 7.63. The molecule has 0 aromatic carbocycles. The number of nitrogens with zero attached hydrogens (tertiary/aromatic N) is 1. The highest BCUT2D eigenvalue weighted by molar-refractivity contribution is 7.99. The van der Waals surface area contributed by atoms with Gasteiger partial charge >= 0.3 is 0 Å². The third-order valence-corrected chi connectivity index (χ3v) is 4.93. The quantitative estimate of drug-likeness (QED) is 0.851. The maximum absolute atomic E-state index is 6.02. The van der Waals surface area contributed by atoms with Crippen molar-refractivity contribution in [3.05, 3.63) is 17.8 Å². The molecule has 2 aliphatic heterocycles. The summed E-state index contributed by atoms with van der Waals surface area (Å²) in [5.74, 6) is 1.22. The van der Waals surface area contributed by atoms with Crippen LogP contribution in [0.2, 0.25) is 0 Å². The van der Waals surface area contributed by atoms with Crippen LogP contribution in [0.5, 0.6) is 0 Å². The Bertz CT molecular complexity index is 361. The molecule has 2 aliphatic rings. The van der Waals surface area contributed by atoms with Crippen LogP contribution in [0.4, 0.5) is 0 Å². The van der Waals surface area contributed by atoms with Gasteiger partial charge in [-0.25, -0.2) is 0 Å². The summed E-state index contributed by atoms with van der Waals surface area (Å²) in [7, 11) is 0. The Morgan fingerprint density at radius 1 is 1.44 bits per heavy atom. The topological polar surface area (TPSA) is 40.2 Å². The first kappa shape index (κ1) is 10.7. The van der Waals surface area contributed by atoms with E-state index >= 15 is 0 Å². The van der Waals surface area contributed by atoms with Gasteiger partial charge < -0.3 is 15.0 Å². The molecule has 0 spiro atoms. The van der Waals surface area contributed by atoms with E-state index in [0.29, 0.717) is 0 Å². The molecule has 1 saturated heterocycles. The number of nitrogens with two attached hydrogens (primary N) is 1. The number of rotatable bonds is 2. The van der Waals surface area contributed by atoms with Crippen molar-refractivity contribution in [3.63, 3.8) is 0 Å². The zero-order chi connectivity index (χ0) is 11.0. The number of thioether (sulfide) groups is 1. The normalized spacial score (nSPS) is 23.3. The highest BCUT2D eigenvalue weighted by atomic mass is 32.2. The van der Waals surface area contributed by atoms with Gasteiger partial charge in [-0.2, -0.15) is 0 Å². The van der Waals surface area contributed by atoms with E-state index in [1.165, 1.54) is 16.3 Å². The number of fused-ring (bicyclic) bond motifs is 1. The van der Waals surface area contributed by atoms with E-state index in [4.69, 9.17) is 10.5 Å². The monoisotopic (exact) mass is 238 g/mol. The van der Waals surface area contributed by atoms with Gasteiger partial charge in [-0.15, -0.1) is 11.8 Å². The van der Waals surface area contributed by atoms with Crippen molar-refractivity contribution < 1.29 is 4.74 Å². The van der Waals surface area contributed by atoms with Crippen LogP contribution in [0.3, 0.4) is 0 Å². The molecule has 3 nitrogen and oxygen atoms in total. The lowest BCUT2D eigenvalue weighted by Gasteiger charge is -2.35. The summed E-state index contributed by atoms with van der Waals surface area (Å²) in [5, 5.41) is 1.41. The number of ether oxygens (including phenoxy) is 1. The third kappa shape index (κ3) is 1.60. The molecule has 0 aliphatic carbocycles. The maximum atomic E-state index is 6.02. The summed E-state index contributed by atoms with van der Waals surface area (Å²) in [4.78, 5) is 0. The molecule has 0 radical (unpaired) electrons. The Balaban J connectivity index is 1.93. The summed E-state index contributed by atoms with van der Waals surface area (Å²) in [6, 6.07) is 2.34. The van der Waals surface area contributed by atoms with Gasteiger partial charge in [-0.1, -0.05) is 0 Å². The van der Waals surface area contributed by atoms with E-state index in [0.717, 1.165) is 39.1 Å².